The highest BCUT2D eigenvalue weighted by Crippen LogP contribution is 2.28. The van der Waals surface area contributed by atoms with E-state index in [0.717, 1.165) is 19.3 Å². The van der Waals surface area contributed by atoms with E-state index in [-0.39, 0.29) is 17.2 Å². The van der Waals surface area contributed by atoms with Crippen molar-refractivity contribution in [2.45, 2.75) is 52.4 Å². The number of unbranched alkanes of at least 4 members (excludes halogenated alkanes) is 4. The van der Waals surface area contributed by atoms with Gasteiger partial charge in [-0.25, -0.2) is 0 Å². The van der Waals surface area contributed by atoms with Crippen molar-refractivity contribution in [1.82, 2.24) is 0 Å². The van der Waals surface area contributed by atoms with Gasteiger partial charge in [0.15, 0.2) is 11.5 Å². The number of hydrogen-bond acceptors (Lipinski definition) is 4. The summed E-state index contributed by atoms with van der Waals surface area (Å²) in [4.78, 5) is 22.2. The molecule has 0 saturated heterocycles. The lowest BCUT2D eigenvalue weighted by molar-refractivity contribution is -0.385. The van der Waals surface area contributed by atoms with Gasteiger partial charge >= 0.3 is 5.69 Å². The molecular weight excluding hydrogens is 270 g/mol. The minimum atomic E-state index is -0.501. The van der Waals surface area contributed by atoms with Gasteiger partial charge in [0.1, 0.15) is 0 Å². The number of nitro groups is 1. The van der Waals surface area contributed by atoms with Crippen molar-refractivity contribution < 1.29 is 14.5 Å². The Labute approximate surface area is 125 Å². The van der Waals surface area contributed by atoms with Crippen LogP contribution in [0.25, 0.3) is 0 Å². The predicted molar refractivity (Wildman–Crippen MR) is 82.0 cm³/mol. The van der Waals surface area contributed by atoms with Gasteiger partial charge in [-0.3, -0.25) is 14.9 Å². The van der Waals surface area contributed by atoms with Gasteiger partial charge in [-0.15, -0.1) is 0 Å². The first kappa shape index (κ1) is 17.1. The van der Waals surface area contributed by atoms with Crippen molar-refractivity contribution in [3.8, 4) is 5.75 Å². The van der Waals surface area contributed by atoms with Gasteiger partial charge in [0.25, 0.3) is 0 Å². The van der Waals surface area contributed by atoms with Gasteiger partial charge in [0, 0.05) is 18.1 Å². The topological polar surface area (TPSA) is 69.4 Å². The molecule has 0 saturated carbocycles. The lowest BCUT2D eigenvalue weighted by atomic mass is 10.1. The van der Waals surface area contributed by atoms with Crippen LogP contribution in [0.4, 0.5) is 5.69 Å². The standard InChI is InChI=1S/C16H23NO4/c1-3-5-6-7-8-11-21-16-10-9-13(15(18)4-2)12-14(16)17(19)20/h9-10,12H,3-8,11H2,1-2H3. The molecule has 21 heavy (non-hydrogen) atoms. The molecular formula is C16H23NO4. The molecule has 116 valence electrons. The smallest absolute Gasteiger partial charge is 0.311 e. The van der Waals surface area contributed by atoms with Crippen molar-refractivity contribution in [2.24, 2.45) is 0 Å². The molecule has 1 aromatic rings. The number of benzene rings is 1. The van der Waals surface area contributed by atoms with Crippen LogP contribution in [-0.2, 0) is 0 Å². The Balaban J connectivity index is 2.65. The summed E-state index contributed by atoms with van der Waals surface area (Å²) in [7, 11) is 0. The van der Waals surface area contributed by atoms with E-state index in [2.05, 4.69) is 6.92 Å². The molecule has 0 spiro atoms. The second kappa shape index (κ2) is 9.10. The zero-order valence-corrected chi connectivity index (χ0v) is 12.8. The van der Waals surface area contributed by atoms with E-state index in [0.29, 0.717) is 18.6 Å². The Kier molecular flexibility index (Phi) is 7.43. The number of Topliss-reactive ketones (excluding diaryl/α,β-unsaturated/α-hetero) is 1. The molecule has 0 N–H and O–H groups in total. The third-order valence-electron chi connectivity index (χ3n) is 3.30. The lowest BCUT2D eigenvalue weighted by Gasteiger charge is -2.08. The summed E-state index contributed by atoms with van der Waals surface area (Å²) < 4.78 is 5.49. The Morgan fingerprint density at radius 1 is 1.19 bits per heavy atom. The van der Waals surface area contributed by atoms with Crippen LogP contribution in [0.15, 0.2) is 18.2 Å². The summed E-state index contributed by atoms with van der Waals surface area (Å²) in [6.45, 7) is 4.35. The molecule has 0 aromatic heterocycles. The second-order valence-electron chi connectivity index (χ2n) is 4.98. The zero-order valence-electron chi connectivity index (χ0n) is 12.8. The molecule has 5 heteroatoms. The van der Waals surface area contributed by atoms with Crippen molar-refractivity contribution in [1.29, 1.82) is 0 Å². The first-order valence-electron chi connectivity index (χ1n) is 7.54. The molecule has 0 aliphatic carbocycles. The van der Waals surface area contributed by atoms with Crippen LogP contribution in [0.2, 0.25) is 0 Å². The van der Waals surface area contributed by atoms with E-state index in [1.54, 1.807) is 13.0 Å². The van der Waals surface area contributed by atoms with Gasteiger partial charge in [0.05, 0.1) is 11.5 Å². The average Bonchev–Trinajstić information content (AvgIpc) is 2.49. The second-order valence-corrected chi connectivity index (χ2v) is 4.98. The monoisotopic (exact) mass is 293 g/mol. The Morgan fingerprint density at radius 2 is 1.90 bits per heavy atom. The SMILES string of the molecule is CCCCCCCOc1ccc(C(=O)CC)cc1[N+](=O)[O-]. The Morgan fingerprint density at radius 3 is 2.52 bits per heavy atom. The molecule has 0 aliphatic rings. The lowest BCUT2D eigenvalue weighted by Crippen LogP contribution is -2.03. The van der Waals surface area contributed by atoms with Crippen LogP contribution in [0.1, 0.15) is 62.7 Å². The summed E-state index contributed by atoms with van der Waals surface area (Å²) in [5.41, 5.74) is 0.224. The fourth-order valence-corrected chi connectivity index (χ4v) is 2.05. The summed E-state index contributed by atoms with van der Waals surface area (Å²) >= 11 is 0. The van der Waals surface area contributed by atoms with E-state index >= 15 is 0 Å². The minimum absolute atomic E-state index is 0.107. The third kappa shape index (κ3) is 5.53. The van der Waals surface area contributed by atoms with E-state index in [9.17, 15) is 14.9 Å². The predicted octanol–water partition coefficient (Wildman–Crippen LogP) is 4.54. The molecule has 0 unspecified atom stereocenters. The van der Waals surface area contributed by atoms with Crippen molar-refractivity contribution in [3.05, 3.63) is 33.9 Å². The van der Waals surface area contributed by atoms with Crippen LogP contribution in [-0.4, -0.2) is 17.3 Å². The number of carbonyl (C=O) groups excluding carboxylic acids is 1. The summed E-state index contributed by atoms with van der Waals surface area (Å²) in [5.74, 6) is 0.132. The highest BCUT2D eigenvalue weighted by Gasteiger charge is 2.18. The normalized spacial score (nSPS) is 10.4. The number of carbonyl (C=O) groups is 1. The molecule has 0 radical (unpaired) electrons. The van der Waals surface area contributed by atoms with Crippen LogP contribution in [0.3, 0.4) is 0 Å². The van der Waals surface area contributed by atoms with Gasteiger partial charge in [-0.1, -0.05) is 39.5 Å². The molecule has 0 atom stereocenters. The maximum atomic E-state index is 11.6. The highest BCUT2D eigenvalue weighted by atomic mass is 16.6. The molecule has 0 fully saturated rings. The highest BCUT2D eigenvalue weighted by molar-refractivity contribution is 5.96. The Hall–Kier alpha value is -1.91. The molecule has 0 amide bonds. The summed E-state index contributed by atoms with van der Waals surface area (Å²) in [6, 6.07) is 4.41. The maximum absolute atomic E-state index is 11.6. The first-order valence-corrected chi connectivity index (χ1v) is 7.54. The van der Waals surface area contributed by atoms with E-state index < -0.39 is 4.92 Å². The van der Waals surface area contributed by atoms with Crippen LogP contribution < -0.4 is 4.74 Å². The summed E-state index contributed by atoms with van der Waals surface area (Å²) in [5, 5.41) is 11.1. The van der Waals surface area contributed by atoms with Gasteiger partial charge < -0.3 is 4.74 Å². The molecule has 0 aliphatic heterocycles. The van der Waals surface area contributed by atoms with E-state index in [1.165, 1.54) is 25.0 Å². The van der Waals surface area contributed by atoms with Crippen molar-refractivity contribution in [3.63, 3.8) is 0 Å². The zero-order chi connectivity index (χ0) is 15.7. The molecule has 0 bridgehead atoms. The van der Waals surface area contributed by atoms with Crippen molar-refractivity contribution >= 4 is 11.5 Å². The minimum Gasteiger partial charge on any atom is -0.487 e. The molecule has 1 rings (SSSR count). The maximum Gasteiger partial charge on any atom is 0.311 e. The van der Waals surface area contributed by atoms with Gasteiger partial charge in [-0.05, 0) is 18.6 Å². The number of nitrogens with zero attached hydrogens (tertiary/aromatic N) is 1. The van der Waals surface area contributed by atoms with E-state index in [4.69, 9.17) is 4.74 Å². The van der Waals surface area contributed by atoms with Gasteiger partial charge in [-0.2, -0.15) is 0 Å². The van der Waals surface area contributed by atoms with Crippen molar-refractivity contribution in [2.75, 3.05) is 6.61 Å². The van der Waals surface area contributed by atoms with Crippen LogP contribution in [0.5, 0.6) is 5.75 Å². The largest absolute Gasteiger partial charge is 0.487 e. The molecule has 1 aromatic carbocycles. The number of nitro benzene ring substituents is 1. The number of hydrogen-bond donors (Lipinski definition) is 0. The van der Waals surface area contributed by atoms with Crippen LogP contribution in [0, 0.1) is 10.1 Å². The van der Waals surface area contributed by atoms with Crippen LogP contribution >= 0.6 is 0 Å². The Bertz CT molecular complexity index is 485. The fourth-order valence-electron chi connectivity index (χ4n) is 2.05. The quantitative estimate of drug-likeness (QED) is 0.275. The first-order chi connectivity index (χ1) is 10.1. The number of ketones is 1. The molecule has 0 heterocycles. The number of ether oxygens (including phenoxy) is 1. The summed E-state index contributed by atoms with van der Waals surface area (Å²) in [6.07, 6.45) is 5.81. The molecule has 5 nitrogen and oxygen atoms in total. The van der Waals surface area contributed by atoms with Gasteiger partial charge in [0.2, 0.25) is 0 Å². The fraction of sp³-hybridized carbons (Fsp3) is 0.562. The number of rotatable bonds is 10. The third-order valence-corrected chi connectivity index (χ3v) is 3.30. The average molecular weight is 293 g/mol. The van der Waals surface area contributed by atoms with E-state index in [1.807, 2.05) is 0 Å².